The summed E-state index contributed by atoms with van der Waals surface area (Å²) in [5, 5.41) is 3.28. The number of para-hydroxylation sites is 1. The van der Waals surface area contributed by atoms with Crippen LogP contribution in [0.2, 0.25) is 0 Å². The molecule has 0 atom stereocenters. The normalized spacial score (nSPS) is 10.8. The molecular formula is C25H23FN4O3. The van der Waals surface area contributed by atoms with E-state index in [-0.39, 0.29) is 17.9 Å². The summed E-state index contributed by atoms with van der Waals surface area (Å²) in [6.07, 6.45) is 1.89. The number of amides is 1. The first kappa shape index (κ1) is 22.0. The second-order valence-electron chi connectivity index (χ2n) is 7.51. The maximum Gasteiger partial charge on any atom is 0.263 e. The highest BCUT2D eigenvalue weighted by Gasteiger charge is 2.18. The van der Waals surface area contributed by atoms with E-state index in [0.717, 1.165) is 23.7 Å². The smallest absolute Gasteiger partial charge is 0.263 e. The maximum absolute atomic E-state index is 13.0. The number of H-pyrrole nitrogens is 1. The van der Waals surface area contributed by atoms with Crippen molar-refractivity contribution in [2.24, 2.45) is 0 Å². The average molecular weight is 446 g/mol. The average Bonchev–Trinajstić information content (AvgIpc) is 2.82. The Morgan fingerprint density at radius 3 is 2.76 bits per heavy atom. The standard InChI is InChI=1S/C25H23FN4O3/c1-2-11-28-24(31)21-22(27)20-8-4-7-19(23(20)30-25(21)32)15-5-3-6-18(12-15)33-14-17-10-9-16(26)13-29-17/h3-10,12-13H,2,11,14H2,1H3,(H,28,31)(H3,27,30,32). The summed E-state index contributed by atoms with van der Waals surface area (Å²) in [4.78, 5) is 32.0. The first-order chi connectivity index (χ1) is 16.0. The number of hydrogen-bond acceptors (Lipinski definition) is 5. The molecule has 0 fully saturated rings. The minimum atomic E-state index is -0.546. The molecule has 0 aliphatic rings. The number of benzene rings is 2. The molecule has 0 aliphatic carbocycles. The minimum absolute atomic E-state index is 0.0861. The lowest BCUT2D eigenvalue weighted by Gasteiger charge is -2.13. The van der Waals surface area contributed by atoms with Gasteiger partial charge in [0.1, 0.15) is 23.7 Å². The highest BCUT2D eigenvalue weighted by atomic mass is 19.1. The zero-order valence-electron chi connectivity index (χ0n) is 18.0. The fraction of sp³-hybridized carbons (Fsp3) is 0.160. The molecule has 0 saturated heterocycles. The predicted octanol–water partition coefficient (Wildman–Crippen LogP) is 4.03. The van der Waals surface area contributed by atoms with Gasteiger partial charge in [-0.05, 0) is 36.2 Å². The summed E-state index contributed by atoms with van der Waals surface area (Å²) < 4.78 is 18.8. The number of nitrogens with zero attached hydrogens (tertiary/aromatic N) is 1. The van der Waals surface area contributed by atoms with Crippen LogP contribution < -0.4 is 21.3 Å². The Morgan fingerprint density at radius 1 is 1.18 bits per heavy atom. The summed E-state index contributed by atoms with van der Waals surface area (Å²) in [5.41, 5.74) is 8.42. The lowest BCUT2D eigenvalue weighted by molar-refractivity contribution is 0.0953. The molecule has 4 rings (SSSR count). The van der Waals surface area contributed by atoms with Crippen molar-refractivity contribution < 1.29 is 13.9 Å². The Kier molecular flexibility index (Phi) is 6.35. The highest BCUT2D eigenvalue weighted by Crippen LogP contribution is 2.32. The Labute approximate surface area is 189 Å². The fourth-order valence-corrected chi connectivity index (χ4v) is 3.54. The molecule has 4 N–H and O–H groups in total. The molecule has 168 valence electrons. The van der Waals surface area contributed by atoms with E-state index in [1.807, 2.05) is 37.3 Å². The molecular weight excluding hydrogens is 423 g/mol. The van der Waals surface area contributed by atoms with Gasteiger partial charge in [0.25, 0.3) is 11.5 Å². The summed E-state index contributed by atoms with van der Waals surface area (Å²) in [5.74, 6) is -0.315. The van der Waals surface area contributed by atoms with E-state index in [9.17, 15) is 14.0 Å². The number of hydrogen-bond donors (Lipinski definition) is 3. The van der Waals surface area contributed by atoms with Crippen molar-refractivity contribution in [3.05, 3.63) is 88.2 Å². The molecule has 0 radical (unpaired) electrons. The van der Waals surface area contributed by atoms with Gasteiger partial charge < -0.3 is 20.8 Å². The second-order valence-corrected chi connectivity index (χ2v) is 7.51. The molecule has 0 bridgehead atoms. The van der Waals surface area contributed by atoms with E-state index in [4.69, 9.17) is 10.5 Å². The Bertz CT molecular complexity index is 1370. The quantitative estimate of drug-likeness (QED) is 0.397. The number of anilines is 1. The van der Waals surface area contributed by atoms with Gasteiger partial charge in [0, 0.05) is 17.5 Å². The molecule has 4 aromatic rings. The Morgan fingerprint density at radius 2 is 2.00 bits per heavy atom. The summed E-state index contributed by atoms with van der Waals surface area (Å²) in [7, 11) is 0. The maximum atomic E-state index is 13.0. The lowest BCUT2D eigenvalue weighted by atomic mass is 9.99. The van der Waals surface area contributed by atoms with Crippen LogP contribution in [-0.4, -0.2) is 22.4 Å². The van der Waals surface area contributed by atoms with Crippen LogP contribution in [0.5, 0.6) is 5.75 Å². The van der Waals surface area contributed by atoms with Gasteiger partial charge in [-0.15, -0.1) is 0 Å². The van der Waals surface area contributed by atoms with Crippen molar-refractivity contribution in [3.8, 4) is 16.9 Å². The van der Waals surface area contributed by atoms with Crippen LogP contribution in [0, 0.1) is 5.82 Å². The van der Waals surface area contributed by atoms with Gasteiger partial charge in [-0.1, -0.05) is 37.3 Å². The number of ether oxygens (including phenoxy) is 1. The summed E-state index contributed by atoms with van der Waals surface area (Å²) in [6.45, 7) is 2.56. The van der Waals surface area contributed by atoms with Crippen molar-refractivity contribution in [1.29, 1.82) is 0 Å². The van der Waals surface area contributed by atoms with Crippen molar-refractivity contribution in [1.82, 2.24) is 15.3 Å². The van der Waals surface area contributed by atoms with E-state index in [0.29, 0.717) is 28.9 Å². The Balaban J connectivity index is 1.68. The van der Waals surface area contributed by atoms with Crippen LogP contribution in [0.15, 0.2) is 65.6 Å². The molecule has 2 heterocycles. The number of pyridine rings is 2. The number of nitrogen functional groups attached to an aromatic ring is 1. The zero-order chi connectivity index (χ0) is 23.4. The number of carbonyl (C=O) groups excluding carboxylic acids is 1. The molecule has 7 nitrogen and oxygen atoms in total. The van der Waals surface area contributed by atoms with Crippen molar-refractivity contribution in [2.75, 3.05) is 12.3 Å². The first-order valence-corrected chi connectivity index (χ1v) is 10.5. The number of fused-ring (bicyclic) bond motifs is 1. The number of aromatic nitrogens is 2. The fourth-order valence-electron chi connectivity index (χ4n) is 3.54. The van der Waals surface area contributed by atoms with Crippen molar-refractivity contribution >= 4 is 22.5 Å². The highest BCUT2D eigenvalue weighted by molar-refractivity contribution is 6.08. The molecule has 8 heteroatoms. The van der Waals surface area contributed by atoms with Gasteiger partial charge in [0.15, 0.2) is 0 Å². The summed E-state index contributed by atoms with van der Waals surface area (Å²) >= 11 is 0. The molecule has 0 unspecified atom stereocenters. The molecule has 2 aromatic heterocycles. The number of halogens is 1. The van der Waals surface area contributed by atoms with Crippen molar-refractivity contribution in [3.63, 3.8) is 0 Å². The largest absolute Gasteiger partial charge is 0.487 e. The van der Waals surface area contributed by atoms with Gasteiger partial charge in [0.2, 0.25) is 0 Å². The minimum Gasteiger partial charge on any atom is -0.487 e. The third kappa shape index (κ3) is 4.69. The lowest BCUT2D eigenvalue weighted by Crippen LogP contribution is -2.31. The van der Waals surface area contributed by atoms with E-state index in [2.05, 4.69) is 15.3 Å². The monoisotopic (exact) mass is 446 g/mol. The van der Waals surface area contributed by atoms with Crippen LogP contribution in [0.4, 0.5) is 10.1 Å². The van der Waals surface area contributed by atoms with E-state index >= 15 is 0 Å². The molecule has 1 amide bonds. The van der Waals surface area contributed by atoms with Crippen LogP contribution in [0.1, 0.15) is 29.4 Å². The molecule has 2 aromatic carbocycles. The molecule has 0 aliphatic heterocycles. The number of nitrogens with one attached hydrogen (secondary N) is 2. The third-order valence-corrected chi connectivity index (χ3v) is 5.17. The summed E-state index contributed by atoms with van der Waals surface area (Å²) in [6, 6.07) is 15.7. The Hall–Kier alpha value is -4.20. The number of nitrogens with two attached hydrogens (primary N) is 1. The molecule has 0 saturated carbocycles. The van der Waals surface area contributed by atoms with Gasteiger partial charge in [-0.25, -0.2) is 4.39 Å². The van der Waals surface area contributed by atoms with Gasteiger partial charge in [-0.3, -0.25) is 14.6 Å². The second kappa shape index (κ2) is 9.52. The zero-order valence-corrected chi connectivity index (χ0v) is 18.0. The third-order valence-electron chi connectivity index (χ3n) is 5.17. The van der Waals surface area contributed by atoms with Gasteiger partial charge >= 0.3 is 0 Å². The van der Waals surface area contributed by atoms with Gasteiger partial charge in [0.05, 0.1) is 23.1 Å². The van der Waals surface area contributed by atoms with Gasteiger partial charge in [-0.2, -0.15) is 0 Å². The van der Waals surface area contributed by atoms with Crippen LogP contribution >= 0.6 is 0 Å². The molecule has 0 spiro atoms. The first-order valence-electron chi connectivity index (χ1n) is 10.5. The number of aromatic amines is 1. The van der Waals surface area contributed by atoms with Crippen LogP contribution in [0.25, 0.3) is 22.0 Å². The van der Waals surface area contributed by atoms with Crippen LogP contribution in [0.3, 0.4) is 0 Å². The SMILES string of the molecule is CCCNC(=O)c1c(N)c2cccc(-c3cccc(OCc4ccc(F)cn4)c3)c2[nH]c1=O. The van der Waals surface area contributed by atoms with E-state index < -0.39 is 17.3 Å². The number of carbonyl (C=O) groups is 1. The molecule has 33 heavy (non-hydrogen) atoms. The van der Waals surface area contributed by atoms with Crippen molar-refractivity contribution in [2.45, 2.75) is 20.0 Å². The topological polar surface area (TPSA) is 110 Å². The predicted molar refractivity (Wildman–Crippen MR) is 126 cm³/mol. The van der Waals surface area contributed by atoms with Crippen LogP contribution in [-0.2, 0) is 6.61 Å². The number of rotatable bonds is 7. The van der Waals surface area contributed by atoms with E-state index in [1.54, 1.807) is 18.2 Å². The van der Waals surface area contributed by atoms with E-state index in [1.165, 1.54) is 6.07 Å².